The van der Waals surface area contributed by atoms with Gasteiger partial charge in [0.25, 0.3) is 0 Å². The van der Waals surface area contributed by atoms with Gasteiger partial charge in [-0.15, -0.1) is 0 Å². The molecular weight excluding hydrogens is 716 g/mol. The third-order valence-corrected chi connectivity index (χ3v) is 9.11. The molecule has 4 amide bonds. The van der Waals surface area contributed by atoms with E-state index >= 15 is 0 Å². The fourth-order valence-electron chi connectivity index (χ4n) is 5.93. The number of amides is 4. The van der Waals surface area contributed by atoms with Crippen LogP contribution >= 0.6 is 0 Å². The van der Waals surface area contributed by atoms with E-state index in [1.807, 2.05) is 60.7 Å². The maximum absolute atomic E-state index is 13.9. The molecule has 0 bridgehead atoms. The highest BCUT2D eigenvalue weighted by molar-refractivity contribution is 5.87. The second kappa shape index (κ2) is 21.9. The van der Waals surface area contributed by atoms with Crippen molar-refractivity contribution in [1.82, 2.24) is 31.2 Å². The molecule has 4 aromatic rings. The minimum absolute atomic E-state index is 0.0309. The van der Waals surface area contributed by atoms with Gasteiger partial charge >= 0.3 is 12.2 Å². The average molecular weight is 769 g/mol. The Balaban J connectivity index is 1.53. The zero-order valence-corrected chi connectivity index (χ0v) is 32.1. The van der Waals surface area contributed by atoms with Crippen LogP contribution in [-0.4, -0.2) is 80.6 Å². The molecule has 0 aliphatic rings. The lowest BCUT2D eigenvalue weighted by atomic mass is 9.90. The number of aliphatic hydroxyl groups is 2. The molecule has 0 fully saturated rings. The lowest BCUT2D eigenvalue weighted by Crippen LogP contribution is -2.61. The Bertz CT molecular complexity index is 1670. The van der Waals surface area contributed by atoms with E-state index in [-0.39, 0.29) is 37.9 Å². The molecule has 0 unspecified atom stereocenters. The van der Waals surface area contributed by atoms with Gasteiger partial charge in [0, 0.05) is 24.8 Å². The average Bonchev–Trinajstić information content (AvgIpc) is 3.20. The van der Waals surface area contributed by atoms with Crippen LogP contribution in [0.4, 0.5) is 9.59 Å². The SMILES string of the molecule is CC(C)[C@H](NC(=O)OCc1ccncc1)C(=O)N[C@@H](Cc1ccccc1)[C@H](O)[C@H](O)[C@H](Cc1ccccc1)NC(=O)[C@H](NC(=O)OCc1ccncc1)C(C)C. The molecular formula is C42H52N6O8. The first-order valence-electron chi connectivity index (χ1n) is 18.6. The number of carbonyl (C=O) groups excluding carboxylic acids is 4. The summed E-state index contributed by atoms with van der Waals surface area (Å²) in [6.45, 7) is 6.96. The Kier molecular flexibility index (Phi) is 16.8. The summed E-state index contributed by atoms with van der Waals surface area (Å²) in [5.41, 5.74) is 2.95. The lowest BCUT2D eigenvalue weighted by Gasteiger charge is -2.35. The van der Waals surface area contributed by atoms with E-state index in [1.165, 1.54) is 0 Å². The van der Waals surface area contributed by atoms with Crippen LogP contribution in [0, 0.1) is 11.8 Å². The van der Waals surface area contributed by atoms with Gasteiger partial charge in [-0.3, -0.25) is 19.6 Å². The van der Waals surface area contributed by atoms with E-state index in [4.69, 9.17) is 9.47 Å². The largest absolute Gasteiger partial charge is 0.445 e. The third kappa shape index (κ3) is 13.8. The highest BCUT2D eigenvalue weighted by Crippen LogP contribution is 2.17. The molecule has 2 aromatic heterocycles. The first-order valence-corrected chi connectivity index (χ1v) is 18.6. The molecule has 14 nitrogen and oxygen atoms in total. The molecule has 0 saturated carbocycles. The fraction of sp³-hybridized carbons (Fsp3) is 0.381. The number of aromatic nitrogens is 2. The normalized spacial score (nSPS) is 14.4. The zero-order chi connectivity index (χ0) is 40.5. The van der Waals surface area contributed by atoms with E-state index in [0.717, 1.165) is 11.1 Å². The number of aliphatic hydroxyl groups excluding tert-OH is 2. The van der Waals surface area contributed by atoms with Crippen LogP contribution in [0.15, 0.2) is 110 Å². The quantitative estimate of drug-likeness (QED) is 0.0814. The summed E-state index contributed by atoms with van der Waals surface area (Å²) in [4.78, 5) is 61.2. The molecule has 6 atom stereocenters. The highest BCUT2D eigenvalue weighted by atomic mass is 16.6. The standard InChI is InChI=1S/C42H52N6O8/c1-27(2)35(47-41(53)55-25-31-15-19-43-20-16-31)39(51)45-33(23-29-11-7-5-8-12-29)37(49)38(50)34(24-30-13-9-6-10-14-30)46-40(52)36(28(3)4)48-42(54)56-26-32-17-21-44-22-18-32/h5-22,27-28,33-38,49-50H,23-26H2,1-4H3,(H,45,51)(H,46,52)(H,47,53)(H,48,54)/t33-,34-,35-,36+,37-,38+/m0/s1. The molecule has 0 aliphatic heterocycles. The number of nitrogens with one attached hydrogen (secondary N) is 4. The van der Waals surface area contributed by atoms with Gasteiger partial charge in [0.2, 0.25) is 11.8 Å². The Labute approximate surface area is 327 Å². The smallest absolute Gasteiger partial charge is 0.408 e. The number of rotatable bonds is 19. The fourth-order valence-corrected chi connectivity index (χ4v) is 5.93. The summed E-state index contributed by atoms with van der Waals surface area (Å²) >= 11 is 0. The number of ether oxygens (including phenoxy) is 2. The van der Waals surface area contributed by atoms with Crippen molar-refractivity contribution in [2.75, 3.05) is 0 Å². The molecule has 2 heterocycles. The van der Waals surface area contributed by atoms with Crippen LogP contribution in [-0.2, 0) is 45.1 Å². The number of pyridine rings is 2. The van der Waals surface area contributed by atoms with Crippen molar-refractivity contribution >= 4 is 24.0 Å². The number of alkyl carbamates (subject to hydrolysis) is 2. The van der Waals surface area contributed by atoms with Crippen molar-refractivity contribution in [2.45, 2.75) is 90.1 Å². The number of benzene rings is 2. The van der Waals surface area contributed by atoms with E-state index in [2.05, 4.69) is 31.2 Å². The van der Waals surface area contributed by atoms with E-state index in [0.29, 0.717) is 11.1 Å². The number of hydrogen-bond donors (Lipinski definition) is 6. The Morgan fingerprint density at radius 2 is 0.857 bits per heavy atom. The van der Waals surface area contributed by atoms with Crippen molar-refractivity contribution in [1.29, 1.82) is 0 Å². The number of hydrogen-bond acceptors (Lipinski definition) is 10. The Morgan fingerprint density at radius 1 is 0.518 bits per heavy atom. The van der Waals surface area contributed by atoms with Crippen LogP contribution in [0.5, 0.6) is 0 Å². The summed E-state index contributed by atoms with van der Waals surface area (Å²) in [7, 11) is 0. The van der Waals surface area contributed by atoms with Crippen molar-refractivity contribution in [2.24, 2.45) is 11.8 Å². The van der Waals surface area contributed by atoms with E-state index in [1.54, 1.807) is 76.7 Å². The monoisotopic (exact) mass is 768 g/mol. The topological polar surface area (TPSA) is 201 Å². The van der Waals surface area contributed by atoms with Gasteiger partial charge in [0.1, 0.15) is 37.5 Å². The van der Waals surface area contributed by atoms with Crippen LogP contribution in [0.1, 0.15) is 49.9 Å². The molecule has 0 aliphatic carbocycles. The minimum Gasteiger partial charge on any atom is -0.445 e. The maximum atomic E-state index is 13.9. The number of nitrogens with zero attached hydrogens (tertiary/aromatic N) is 2. The van der Waals surface area contributed by atoms with Crippen molar-refractivity contribution < 1.29 is 38.9 Å². The predicted molar refractivity (Wildman–Crippen MR) is 209 cm³/mol. The summed E-state index contributed by atoms with van der Waals surface area (Å²) < 4.78 is 10.7. The molecule has 56 heavy (non-hydrogen) atoms. The first kappa shape index (κ1) is 42.9. The van der Waals surface area contributed by atoms with E-state index in [9.17, 15) is 29.4 Å². The second-order valence-corrected chi connectivity index (χ2v) is 14.2. The predicted octanol–water partition coefficient (Wildman–Crippen LogP) is 3.86. The van der Waals surface area contributed by atoms with Gasteiger partial charge in [0.15, 0.2) is 0 Å². The van der Waals surface area contributed by atoms with Gasteiger partial charge in [-0.2, -0.15) is 0 Å². The molecule has 2 aromatic carbocycles. The lowest BCUT2D eigenvalue weighted by molar-refractivity contribution is -0.129. The third-order valence-electron chi connectivity index (χ3n) is 9.11. The maximum Gasteiger partial charge on any atom is 0.408 e. The molecule has 0 spiro atoms. The molecule has 298 valence electrons. The van der Waals surface area contributed by atoms with Gasteiger partial charge in [-0.25, -0.2) is 9.59 Å². The summed E-state index contributed by atoms with van der Waals surface area (Å²) in [5, 5.41) is 34.8. The summed E-state index contributed by atoms with van der Waals surface area (Å²) in [6, 6.07) is 20.7. The van der Waals surface area contributed by atoms with Crippen molar-refractivity contribution in [3.63, 3.8) is 0 Å². The summed E-state index contributed by atoms with van der Waals surface area (Å²) in [6.07, 6.45) is 1.66. The van der Waals surface area contributed by atoms with Gasteiger partial charge in [0.05, 0.1) is 12.1 Å². The molecule has 4 rings (SSSR count). The highest BCUT2D eigenvalue weighted by Gasteiger charge is 2.37. The summed E-state index contributed by atoms with van der Waals surface area (Å²) in [5.74, 6) is -1.98. The molecule has 6 N–H and O–H groups in total. The molecule has 0 radical (unpaired) electrons. The first-order chi connectivity index (χ1) is 26.9. The van der Waals surface area contributed by atoms with Gasteiger partial charge in [-0.05, 0) is 71.2 Å². The number of carbonyl (C=O) groups is 4. The second-order valence-electron chi connectivity index (χ2n) is 14.2. The van der Waals surface area contributed by atoms with Crippen LogP contribution in [0.2, 0.25) is 0 Å². The minimum atomic E-state index is -1.62. The van der Waals surface area contributed by atoms with Gasteiger partial charge in [-0.1, -0.05) is 88.4 Å². The van der Waals surface area contributed by atoms with Crippen LogP contribution < -0.4 is 21.3 Å². The van der Waals surface area contributed by atoms with Crippen LogP contribution in [0.25, 0.3) is 0 Å². The van der Waals surface area contributed by atoms with Crippen LogP contribution in [0.3, 0.4) is 0 Å². The van der Waals surface area contributed by atoms with Crippen molar-refractivity contribution in [3.8, 4) is 0 Å². The Hall–Kier alpha value is -5.86. The zero-order valence-electron chi connectivity index (χ0n) is 32.1. The molecule has 14 heteroatoms. The van der Waals surface area contributed by atoms with Gasteiger partial charge < -0.3 is 41.0 Å². The molecule has 0 saturated heterocycles. The van der Waals surface area contributed by atoms with Crippen molar-refractivity contribution in [3.05, 3.63) is 132 Å². The Morgan fingerprint density at radius 3 is 1.18 bits per heavy atom. The van der Waals surface area contributed by atoms with E-state index < -0.39 is 60.4 Å².